The summed E-state index contributed by atoms with van der Waals surface area (Å²) in [5.74, 6) is -0.243. The lowest BCUT2D eigenvalue weighted by Crippen LogP contribution is -2.24. The molecular weight excluding hydrogens is 334 g/mol. The van der Waals surface area contributed by atoms with Crippen molar-refractivity contribution < 1.29 is 9.90 Å². The van der Waals surface area contributed by atoms with Gasteiger partial charge >= 0.3 is 0 Å². The number of fused-ring (bicyclic) bond motifs is 1. The van der Waals surface area contributed by atoms with E-state index >= 15 is 0 Å². The molecule has 136 valence electrons. The third-order valence-electron chi connectivity index (χ3n) is 4.13. The molecule has 26 heavy (non-hydrogen) atoms. The Balaban J connectivity index is 1.84. The van der Waals surface area contributed by atoms with Crippen LogP contribution in [0.2, 0.25) is 0 Å². The van der Waals surface area contributed by atoms with Gasteiger partial charge in [0.15, 0.2) is 5.88 Å². The number of rotatable bonds is 6. The van der Waals surface area contributed by atoms with Gasteiger partial charge in [-0.25, -0.2) is 4.68 Å². The van der Waals surface area contributed by atoms with Crippen LogP contribution >= 0.6 is 0 Å². The number of hydrogen-bond donors (Lipinski definition) is 4. The van der Waals surface area contributed by atoms with Gasteiger partial charge in [-0.05, 0) is 30.7 Å². The van der Waals surface area contributed by atoms with Crippen molar-refractivity contribution in [3.05, 3.63) is 46.2 Å². The minimum Gasteiger partial charge on any atom is -0.494 e. The molecule has 2 heterocycles. The van der Waals surface area contributed by atoms with E-state index in [0.29, 0.717) is 23.3 Å². The second-order valence-electron chi connectivity index (χ2n) is 6.05. The Bertz CT molecular complexity index is 988. The molecule has 8 heteroatoms. The molecule has 0 saturated carbocycles. The van der Waals surface area contributed by atoms with Crippen LogP contribution in [-0.4, -0.2) is 32.3 Å². The van der Waals surface area contributed by atoms with Gasteiger partial charge in [-0.15, -0.1) is 0 Å². The maximum atomic E-state index is 12.1. The molecule has 3 aromatic rings. The van der Waals surface area contributed by atoms with Crippen molar-refractivity contribution in [3.63, 3.8) is 0 Å². The fourth-order valence-corrected chi connectivity index (χ4v) is 2.76. The van der Waals surface area contributed by atoms with Gasteiger partial charge in [0.2, 0.25) is 0 Å². The molecule has 0 atom stereocenters. The van der Waals surface area contributed by atoms with E-state index in [2.05, 4.69) is 22.3 Å². The fraction of sp³-hybridized carbons (Fsp3) is 0.278. The SMILES string of the molecule is CCCCCNC(=O)c1ccc(-n2nc3cc(O)[nH]c(=O)c3c2N)cc1. The van der Waals surface area contributed by atoms with E-state index < -0.39 is 5.56 Å². The average molecular weight is 355 g/mol. The van der Waals surface area contributed by atoms with Crippen LogP contribution in [0, 0.1) is 0 Å². The molecule has 0 bridgehead atoms. The van der Waals surface area contributed by atoms with Crippen LogP contribution in [-0.2, 0) is 0 Å². The average Bonchev–Trinajstić information content (AvgIpc) is 2.95. The van der Waals surface area contributed by atoms with Crippen molar-refractivity contribution in [2.45, 2.75) is 26.2 Å². The summed E-state index contributed by atoms with van der Waals surface area (Å²) in [5.41, 5.74) is 6.97. The quantitative estimate of drug-likeness (QED) is 0.503. The molecule has 1 amide bonds. The van der Waals surface area contributed by atoms with E-state index in [1.54, 1.807) is 24.3 Å². The van der Waals surface area contributed by atoms with Crippen molar-refractivity contribution in [1.29, 1.82) is 0 Å². The van der Waals surface area contributed by atoms with Gasteiger partial charge in [-0.3, -0.25) is 14.6 Å². The molecule has 0 aliphatic rings. The molecule has 0 aliphatic heterocycles. The zero-order chi connectivity index (χ0) is 18.7. The fourth-order valence-electron chi connectivity index (χ4n) is 2.76. The maximum absolute atomic E-state index is 12.1. The predicted molar refractivity (Wildman–Crippen MR) is 99.6 cm³/mol. The second kappa shape index (κ2) is 7.30. The first kappa shape index (κ1) is 17.5. The highest BCUT2D eigenvalue weighted by Crippen LogP contribution is 2.22. The molecular formula is C18H21N5O3. The number of H-pyrrole nitrogens is 1. The summed E-state index contributed by atoms with van der Waals surface area (Å²) in [4.78, 5) is 26.4. The topological polar surface area (TPSA) is 126 Å². The lowest BCUT2D eigenvalue weighted by Gasteiger charge is -2.07. The standard InChI is InChI=1S/C18H21N5O3/c1-2-3-4-9-20-17(25)11-5-7-12(8-6-11)23-16(19)15-13(22-23)10-14(24)21-18(15)26/h5-8,10,24H,2-4,9,19H2,1H3,(H,20,25)(H,21,26). The maximum Gasteiger partial charge on any atom is 0.263 e. The number of amides is 1. The van der Waals surface area contributed by atoms with Crippen LogP contribution in [0.5, 0.6) is 5.88 Å². The highest BCUT2D eigenvalue weighted by atomic mass is 16.3. The molecule has 5 N–H and O–H groups in total. The Morgan fingerprint density at radius 3 is 2.73 bits per heavy atom. The van der Waals surface area contributed by atoms with Crippen molar-refractivity contribution in [3.8, 4) is 11.6 Å². The highest BCUT2D eigenvalue weighted by molar-refractivity contribution is 5.94. The number of carbonyl (C=O) groups is 1. The van der Waals surface area contributed by atoms with Crippen LogP contribution in [0.3, 0.4) is 0 Å². The first-order valence-corrected chi connectivity index (χ1v) is 8.50. The molecule has 0 saturated heterocycles. The van der Waals surface area contributed by atoms with Crippen LogP contribution in [0.15, 0.2) is 35.1 Å². The number of unbranched alkanes of at least 4 members (excludes halogenated alkanes) is 2. The number of aromatic amines is 1. The van der Waals surface area contributed by atoms with Crippen LogP contribution in [0.1, 0.15) is 36.5 Å². The van der Waals surface area contributed by atoms with Gasteiger partial charge in [0, 0.05) is 18.2 Å². The number of nitrogens with one attached hydrogen (secondary N) is 2. The number of nitrogen functional groups attached to an aromatic ring is 1. The molecule has 0 radical (unpaired) electrons. The minimum atomic E-state index is -0.508. The van der Waals surface area contributed by atoms with Gasteiger partial charge in [-0.1, -0.05) is 19.8 Å². The molecule has 2 aromatic heterocycles. The molecule has 8 nitrogen and oxygen atoms in total. The predicted octanol–water partition coefficient (Wildman–Crippen LogP) is 1.92. The van der Waals surface area contributed by atoms with Gasteiger partial charge < -0.3 is 16.2 Å². The Labute approximate surface area is 149 Å². The number of carbonyl (C=O) groups excluding carboxylic acids is 1. The molecule has 0 spiro atoms. The van der Waals surface area contributed by atoms with Gasteiger partial charge in [0.1, 0.15) is 16.7 Å². The number of aromatic nitrogens is 3. The summed E-state index contributed by atoms with van der Waals surface area (Å²) < 4.78 is 1.41. The second-order valence-corrected chi connectivity index (χ2v) is 6.05. The number of benzene rings is 1. The molecule has 0 fully saturated rings. The Hall–Kier alpha value is -3.29. The van der Waals surface area contributed by atoms with Crippen LogP contribution < -0.4 is 16.6 Å². The molecule has 1 aromatic carbocycles. The minimum absolute atomic E-state index is 0.132. The Morgan fingerprint density at radius 1 is 1.31 bits per heavy atom. The van der Waals surface area contributed by atoms with Gasteiger partial charge in [-0.2, -0.15) is 5.10 Å². The third-order valence-corrected chi connectivity index (χ3v) is 4.13. The van der Waals surface area contributed by atoms with E-state index in [-0.39, 0.29) is 23.0 Å². The number of nitrogens with zero attached hydrogens (tertiary/aromatic N) is 2. The summed E-state index contributed by atoms with van der Waals surface area (Å²) in [6.45, 7) is 2.76. The van der Waals surface area contributed by atoms with E-state index in [9.17, 15) is 14.7 Å². The number of nitrogens with two attached hydrogens (primary N) is 1. The molecule has 3 rings (SSSR count). The summed E-state index contributed by atoms with van der Waals surface area (Å²) in [6, 6.07) is 8.10. The molecule has 0 unspecified atom stereocenters. The smallest absolute Gasteiger partial charge is 0.263 e. The zero-order valence-electron chi connectivity index (χ0n) is 14.5. The monoisotopic (exact) mass is 355 g/mol. The van der Waals surface area contributed by atoms with Crippen molar-refractivity contribution >= 4 is 22.6 Å². The Kier molecular flexibility index (Phi) is 4.92. The van der Waals surface area contributed by atoms with Crippen molar-refractivity contribution in [2.24, 2.45) is 0 Å². The van der Waals surface area contributed by atoms with Crippen LogP contribution in [0.4, 0.5) is 5.82 Å². The van der Waals surface area contributed by atoms with Gasteiger partial charge in [0.25, 0.3) is 11.5 Å². The normalized spacial score (nSPS) is 11.0. The van der Waals surface area contributed by atoms with Crippen molar-refractivity contribution in [2.75, 3.05) is 12.3 Å². The highest BCUT2D eigenvalue weighted by Gasteiger charge is 2.14. The van der Waals surface area contributed by atoms with Gasteiger partial charge in [0.05, 0.1) is 5.69 Å². The summed E-state index contributed by atoms with van der Waals surface area (Å²) in [5, 5.41) is 16.8. The number of aromatic hydroxyl groups is 1. The van der Waals surface area contributed by atoms with E-state index in [0.717, 1.165) is 19.3 Å². The van der Waals surface area contributed by atoms with Crippen molar-refractivity contribution in [1.82, 2.24) is 20.1 Å². The number of anilines is 1. The Morgan fingerprint density at radius 2 is 2.04 bits per heavy atom. The lowest BCUT2D eigenvalue weighted by molar-refractivity contribution is 0.0953. The molecule has 0 aliphatic carbocycles. The first-order chi connectivity index (χ1) is 12.5. The largest absolute Gasteiger partial charge is 0.494 e. The summed E-state index contributed by atoms with van der Waals surface area (Å²) in [7, 11) is 0. The number of pyridine rings is 1. The third kappa shape index (κ3) is 3.39. The van der Waals surface area contributed by atoms with E-state index in [1.165, 1.54) is 10.7 Å². The van der Waals surface area contributed by atoms with Crippen LogP contribution in [0.25, 0.3) is 16.6 Å². The summed E-state index contributed by atoms with van der Waals surface area (Å²) in [6.07, 6.45) is 3.14. The van der Waals surface area contributed by atoms with E-state index in [4.69, 9.17) is 5.73 Å². The van der Waals surface area contributed by atoms with E-state index in [1.807, 2.05) is 0 Å². The summed E-state index contributed by atoms with van der Waals surface area (Å²) >= 11 is 0. The lowest BCUT2D eigenvalue weighted by atomic mass is 10.2. The zero-order valence-corrected chi connectivity index (χ0v) is 14.5. The number of hydrogen-bond acceptors (Lipinski definition) is 5. The first-order valence-electron chi connectivity index (χ1n) is 8.50.